The summed E-state index contributed by atoms with van der Waals surface area (Å²) < 4.78 is 12.9. The molecule has 1 rings (SSSR count). The summed E-state index contributed by atoms with van der Waals surface area (Å²) in [5, 5.41) is 12.0. The van der Waals surface area contributed by atoms with E-state index in [0.29, 0.717) is 13.0 Å². The highest BCUT2D eigenvalue weighted by molar-refractivity contribution is 6.20. The van der Waals surface area contributed by atoms with E-state index in [1.165, 1.54) is 0 Å². The Kier molecular flexibility index (Phi) is 5.22. The Morgan fingerprint density at radius 1 is 1.59 bits per heavy atom. The predicted molar refractivity (Wildman–Crippen MR) is 64.9 cm³/mol. The molecule has 1 atom stereocenters. The minimum atomic E-state index is -0.559. The first-order valence-electron chi connectivity index (χ1n) is 5.45. The molecule has 1 unspecified atom stereocenters. The first-order chi connectivity index (χ1) is 8.04. The van der Waals surface area contributed by atoms with Crippen LogP contribution in [0.25, 0.3) is 0 Å². The predicted octanol–water partition coefficient (Wildman–Crippen LogP) is 2.67. The van der Waals surface area contributed by atoms with Crippen molar-refractivity contribution in [1.29, 1.82) is 0 Å². The first-order valence-corrected chi connectivity index (χ1v) is 5.89. The molecule has 1 aromatic carbocycles. The Hall–Kier alpha value is -1.29. The molecule has 0 bridgehead atoms. The molecule has 1 aromatic rings. The maximum absolute atomic E-state index is 12.9. The fourth-order valence-corrected chi connectivity index (χ4v) is 1.44. The molecular formula is C12H15ClFNO2. The Balaban J connectivity index is 2.55. The molecule has 17 heavy (non-hydrogen) atoms. The van der Waals surface area contributed by atoms with E-state index < -0.39 is 11.7 Å². The monoisotopic (exact) mass is 259 g/mol. The Labute approximate surface area is 105 Å². The van der Waals surface area contributed by atoms with Crippen molar-refractivity contribution in [3.8, 4) is 5.75 Å². The molecule has 0 spiro atoms. The third kappa shape index (κ3) is 4.23. The smallest absolute Gasteiger partial charge is 0.255 e. The molecule has 5 heteroatoms. The van der Waals surface area contributed by atoms with Crippen LogP contribution in [0.2, 0.25) is 0 Å². The van der Waals surface area contributed by atoms with E-state index in [2.05, 4.69) is 5.32 Å². The summed E-state index contributed by atoms with van der Waals surface area (Å²) in [6.45, 7) is 2.36. The quantitative estimate of drug-likeness (QED) is 0.799. The zero-order valence-electron chi connectivity index (χ0n) is 9.54. The fourth-order valence-electron chi connectivity index (χ4n) is 1.33. The third-order valence-electron chi connectivity index (χ3n) is 2.39. The summed E-state index contributed by atoms with van der Waals surface area (Å²) in [6.07, 6.45) is 1.46. The van der Waals surface area contributed by atoms with Crippen molar-refractivity contribution in [3.05, 3.63) is 29.6 Å². The Morgan fingerprint density at radius 3 is 2.94 bits per heavy atom. The van der Waals surface area contributed by atoms with E-state index in [4.69, 9.17) is 11.6 Å². The van der Waals surface area contributed by atoms with Crippen LogP contribution in [-0.4, -0.2) is 22.9 Å². The number of carbonyl (C=O) groups excluding carboxylic acids is 1. The van der Waals surface area contributed by atoms with Crippen LogP contribution < -0.4 is 5.32 Å². The lowest BCUT2D eigenvalue weighted by Gasteiger charge is -2.09. The van der Waals surface area contributed by atoms with Crippen molar-refractivity contribution in [1.82, 2.24) is 5.32 Å². The van der Waals surface area contributed by atoms with Gasteiger partial charge in [0.05, 0.1) is 5.56 Å². The molecule has 94 valence electrons. The Bertz CT molecular complexity index is 398. The van der Waals surface area contributed by atoms with Gasteiger partial charge in [0.1, 0.15) is 11.6 Å². The van der Waals surface area contributed by atoms with Gasteiger partial charge in [0.15, 0.2) is 0 Å². The molecule has 0 aliphatic heterocycles. The average molecular weight is 260 g/mol. The van der Waals surface area contributed by atoms with E-state index >= 15 is 0 Å². The number of halogens is 2. The number of carbonyl (C=O) groups is 1. The van der Waals surface area contributed by atoms with Gasteiger partial charge in [-0.25, -0.2) is 4.39 Å². The number of rotatable bonds is 5. The molecule has 1 amide bonds. The highest BCUT2D eigenvalue weighted by Gasteiger charge is 2.12. The number of benzene rings is 1. The summed E-state index contributed by atoms with van der Waals surface area (Å²) in [5.74, 6) is -1.29. The number of phenolic OH excluding ortho intramolecular Hbond substituents is 1. The molecule has 0 aliphatic carbocycles. The topological polar surface area (TPSA) is 49.3 Å². The number of hydrogen-bond donors (Lipinski definition) is 2. The van der Waals surface area contributed by atoms with Crippen molar-refractivity contribution < 1.29 is 14.3 Å². The molecule has 3 nitrogen and oxygen atoms in total. The second-order valence-electron chi connectivity index (χ2n) is 3.71. The van der Waals surface area contributed by atoms with Crippen molar-refractivity contribution in [3.63, 3.8) is 0 Å². The second kappa shape index (κ2) is 6.45. The summed E-state index contributed by atoms with van der Waals surface area (Å²) >= 11 is 5.89. The van der Waals surface area contributed by atoms with Crippen LogP contribution in [0.5, 0.6) is 5.75 Å². The minimum Gasteiger partial charge on any atom is -0.507 e. The molecular weight excluding hydrogens is 245 g/mol. The summed E-state index contributed by atoms with van der Waals surface area (Å²) in [5.41, 5.74) is -0.0624. The van der Waals surface area contributed by atoms with Gasteiger partial charge in [-0.3, -0.25) is 4.79 Å². The van der Waals surface area contributed by atoms with Crippen LogP contribution >= 0.6 is 11.6 Å². The highest BCUT2D eigenvalue weighted by atomic mass is 35.5. The van der Waals surface area contributed by atoms with Gasteiger partial charge in [0.2, 0.25) is 0 Å². The van der Waals surface area contributed by atoms with Gasteiger partial charge >= 0.3 is 0 Å². The molecule has 0 aliphatic rings. The SMILES string of the molecule is CCC(Cl)CCNC(=O)c1cc(F)ccc1O. The van der Waals surface area contributed by atoms with Crippen molar-refractivity contribution in [2.24, 2.45) is 0 Å². The molecule has 0 saturated carbocycles. The minimum absolute atomic E-state index is 0.0106. The van der Waals surface area contributed by atoms with Gasteiger partial charge in [-0.05, 0) is 31.0 Å². The van der Waals surface area contributed by atoms with Crippen molar-refractivity contribution in [2.75, 3.05) is 6.54 Å². The van der Waals surface area contributed by atoms with Gasteiger partial charge in [0.25, 0.3) is 5.91 Å². The fraction of sp³-hybridized carbons (Fsp3) is 0.417. The summed E-state index contributed by atoms with van der Waals surface area (Å²) in [6, 6.07) is 3.25. The maximum Gasteiger partial charge on any atom is 0.255 e. The van der Waals surface area contributed by atoms with Gasteiger partial charge in [-0.15, -0.1) is 11.6 Å². The zero-order chi connectivity index (χ0) is 12.8. The van der Waals surface area contributed by atoms with E-state index in [1.807, 2.05) is 6.92 Å². The van der Waals surface area contributed by atoms with Crippen molar-refractivity contribution in [2.45, 2.75) is 25.1 Å². The molecule has 2 N–H and O–H groups in total. The van der Waals surface area contributed by atoms with Gasteiger partial charge in [0, 0.05) is 11.9 Å². The number of nitrogens with one attached hydrogen (secondary N) is 1. The van der Waals surface area contributed by atoms with Crippen molar-refractivity contribution >= 4 is 17.5 Å². The average Bonchev–Trinajstić information content (AvgIpc) is 2.31. The van der Waals surface area contributed by atoms with Gasteiger partial charge in [-0.1, -0.05) is 6.92 Å². The summed E-state index contributed by atoms with van der Waals surface area (Å²) in [7, 11) is 0. The number of phenols is 1. The standard InChI is InChI=1S/C12H15ClFNO2/c1-2-8(13)5-6-15-12(17)10-7-9(14)3-4-11(10)16/h3-4,7-8,16H,2,5-6H2,1H3,(H,15,17). The van der Waals surface area contributed by atoms with E-state index in [0.717, 1.165) is 24.6 Å². The maximum atomic E-state index is 12.9. The third-order valence-corrected chi connectivity index (χ3v) is 2.92. The number of amides is 1. The van der Waals surface area contributed by atoms with Gasteiger partial charge < -0.3 is 10.4 Å². The molecule has 0 saturated heterocycles. The van der Waals surface area contributed by atoms with Crippen LogP contribution in [-0.2, 0) is 0 Å². The largest absolute Gasteiger partial charge is 0.507 e. The van der Waals surface area contributed by atoms with E-state index in [1.54, 1.807) is 0 Å². The second-order valence-corrected chi connectivity index (χ2v) is 4.33. The van der Waals surface area contributed by atoms with Gasteiger partial charge in [-0.2, -0.15) is 0 Å². The van der Waals surface area contributed by atoms with Crippen LogP contribution in [0.4, 0.5) is 4.39 Å². The van der Waals surface area contributed by atoms with E-state index in [-0.39, 0.29) is 16.7 Å². The normalized spacial score (nSPS) is 12.2. The van der Waals surface area contributed by atoms with E-state index in [9.17, 15) is 14.3 Å². The number of hydrogen-bond acceptors (Lipinski definition) is 2. The molecule has 0 radical (unpaired) electrons. The lowest BCUT2D eigenvalue weighted by molar-refractivity contribution is 0.0950. The number of alkyl halides is 1. The Morgan fingerprint density at radius 2 is 2.29 bits per heavy atom. The first kappa shape index (κ1) is 13.8. The highest BCUT2D eigenvalue weighted by Crippen LogP contribution is 2.17. The lowest BCUT2D eigenvalue weighted by Crippen LogP contribution is -2.26. The zero-order valence-corrected chi connectivity index (χ0v) is 10.3. The summed E-state index contributed by atoms with van der Waals surface area (Å²) in [4.78, 5) is 11.6. The molecule has 0 fully saturated rings. The van der Waals surface area contributed by atoms with Crippen LogP contribution in [0.3, 0.4) is 0 Å². The van der Waals surface area contributed by atoms with Crippen LogP contribution in [0.15, 0.2) is 18.2 Å². The van der Waals surface area contributed by atoms with Crippen LogP contribution in [0.1, 0.15) is 30.1 Å². The molecule has 0 aromatic heterocycles. The molecule has 0 heterocycles. The lowest BCUT2D eigenvalue weighted by atomic mass is 10.1. The number of aromatic hydroxyl groups is 1. The van der Waals surface area contributed by atoms with Crippen LogP contribution in [0, 0.1) is 5.82 Å².